The minimum Gasteiger partial charge on any atom is -0.428 e. The first-order chi connectivity index (χ1) is 33.2. The normalized spacial score (nSPS) is 13.3. The molecular weight excluding hydrogens is 948 g/mol. The fourth-order valence-corrected chi connectivity index (χ4v) is 5.67. The summed E-state index contributed by atoms with van der Waals surface area (Å²) < 4.78 is 67.2. The molecule has 1 saturated carbocycles. The van der Waals surface area contributed by atoms with E-state index < -0.39 is 12.1 Å². The van der Waals surface area contributed by atoms with E-state index in [1.165, 1.54) is 19.2 Å². The lowest BCUT2D eigenvalue weighted by molar-refractivity contribution is -0.157. The zero-order valence-electron chi connectivity index (χ0n) is 47.8. The van der Waals surface area contributed by atoms with E-state index in [1.807, 2.05) is 34.6 Å². The van der Waals surface area contributed by atoms with Gasteiger partial charge in [0.25, 0.3) is 0 Å². The molecule has 0 spiro atoms. The summed E-state index contributed by atoms with van der Waals surface area (Å²) in [5.41, 5.74) is 0.909. The van der Waals surface area contributed by atoms with Gasteiger partial charge in [-0.15, -0.1) is 56.1 Å². The minimum absolute atomic E-state index is 0.0184. The van der Waals surface area contributed by atoms with Crippen LogP contribution >= 0.6 is 0 Å². The van der Waals surface area contributed by atoms with Crippen LogP contribution in [0.2, 0.25) is 0 Å². The Morgan fingerprint density at radius 3 is 1.23 bits per heavy atom. The molecule has 0 radical (unpaired) electrons. The van der Waals surface area contributed by atoms with Gasteiger partial charge in [-0.1, -0.05) is 144 Å². The van der Waals surface area contributed by atoms with Crippen LogP contribution in [-0.2, 0) is 44.7 Å². The first kappa shape index (κ1) is 63.5. The van der Waals surface area contributed by atoms with E-state index in [9.17, 15) is 13.2 Å². The van der Waals surface area contributed by atoms with Crippen molar-refractivity contribution in [1.82, 2.24) is 61.2 Å². The molecule has 0 bridgehead atoms. The molecule has 0 unspecified atom stereocenters. The lowest BCUT2D eigenvalue weighted by Gasteiger charge is -2.14. The van der Waals surface area contributed by atoms with Crippen molar-refractivity contribution in [2.45, 2.75) is 215 Å². The highest BCUT2D eigenvalue weighted by Gasteiger charge is 2.38. The second-order valence-electron chi connectivity index (χ2n) is 25.7. The number of aryl methyl sites for hydroxylation is 1. The summed E-state index contributed by atoms with van der Waals surface area (Å²) in [6, 6.07) is 0.481. The van der Waals surface area contributed by atoms with E-state index >= 15 is 0 Å². The Labute approximate surface area is 430 Å². The highest BCUT2D eigenvalue weighted by molar-refractivity contribution is 5.14. The predicted octanol–water partition coefficient (Wildman–Crippen LogP) is 13.3. The molecular formula is C51H86F3N13O6. The average Bonchev–Trinajstić information content (AvgIpc) is 3.89. The van der Waals surface area contributed by atoms with Gasteiger partial charge in [0.1, 0.15) is 0 Å². The Morgan fingerprint density at radius 2 is 0.877 bits per heavy atom. The van der Waals surface area contributed by atoms with Crippen molar-refractivity contribution >= 4 is 6.01 Å². The number of hydrogen-bond acceptors (Lipinski definition) is 19. The standard InChI is InChI=1S/C10H16N2O.C10H18N2O.C8H11F3N2O.C8H15N3O.C8H14N2O.C7H12N2O/c1-10(2,3)6-8-11-12-9(13-8)7-4-5-7;1-7(2)9-12-11-8(13-9)6-10(3,4)5;1-7(2,3)4-5-12-13-6(14-5)8(9,10)11;1-8(2,3)5-6-10-11-7(9-4)12-6;1-6-9-10-7(11-6)5-8(2,3)4;1-7(2,3)4-6-9-8-5-10-6/h7H,4-6H2,1-3H3;7H,6H2,1-5H3;4H2,1-3H3;5H2,1-4H3,(H,9,11);5H2,1-4H3;5H,4H2,1-3H3. The Morgan fingerprint density at radius 1 is 0.479 bits per heavy atom. The van der Waals surface area contributed by atoms with Gasteiger partial charge >= 0.3 is 18.1 Å². The van der Waals surface area contributed by atoms with Gasteiger partial charge in [0.05, 0.1) is 0 Å². The van der Waals surface area contributed by atoms with Gasteiger partial charge in [0, 0.05) is 64.3 Å². The van der Waals surface area contributed by atoms with Crippen LogP contribution in [0, 0.1) is 39.4 Å². The first-order valence-electron chi connectivity index (χ1n) is 24.8. The van der Waals surface area contributed by atoms with Crippen molar-refractivity contribution < 1.29 is 39.7 Å². The summed E-state index contributed by atoms with van der Waals surface area (Å²) in [7, 11) is 1.76. The molecule has 6 heterocycles. The topological polar surface area (TPSA) is 246 Å². The zero-order valence-corrected chi connectivity index (χ0v) is 47.8. The molecule has 0 aliphatic heterocycles. The van der Waals surface area contributed by atoms with E-state index in [0.29, 0.717) is 41.9 Å². The molecule has 0 saturated heterocycles. The van der Waals surface area contributed by atoms with E-state index in [1.54, 1.807) is 14.0 Å². The second-order valence-corrected chi connectivity index (χ2v) is 25.7. The Hall–Kier alpha value is -5.57. The van der Waals surface area contributed by atoms with Gasteiger partial charge < -0.3 is 31.8 Å². The smallest absolute Gasteiger partial charge is 0.428 e. The summed E-state index contributed by atoms with van der Waals surface area (Å²) in [5, 5.41) is 47.9. The van der Waals surface area contributed by atoms with Gasteiger partial charge in [-0.2, -0.15) is 13.2 Å². The van der Waals surface area contributed by atoms with Crippen LogP contribution in [0.1, 0.15) is 222 Å². The van der Waals surface area contributed by atoms with Crippen molar-refractivity contribution in [3.8, 4) is 0 Å². The summed E-state index contributed by atoms with van der Waals surface area (Å²) in [5.74, 6) is 5.52. The number of nitrogens with zero attached hydrogens (tertiary/aromatic N) is 12. The molecule has 1 aliphatic carbocycles. The van der Waals surface area contributed by atoms with E-state index in [4.69, 9.17) is 22.1 Å². The lowest BCUT2D eigenvalue weighted by Crippen LogP contribution is -2.09. The highest BCUT2D eigenvalue weighted by atomic mass is 19.4. The average molecular weight is 1030 g/mol. The second kappa shape index (κ2) is 26.6. The van der Waals surface area contributed by atoms with Crippen LogP contribution in [0.4, 0.5) is 19.2 Å². The number of halogens is 3. The van der Waals surface area contributed by atoms with Gasteiger partial charge in [-0.3, -0.25) is 0 Å². The summed E-state index contributed by atoms with van der Waals surface area (Å²) in [6.45, 7) is 43.8. The predicted molar refractivity (Wildman–Crippen MR) is 270 cm³/mol. The van der Waals surface area contributed by atoms with Crippen LogP contribution in [0.25, 0.3) is 0 Å². The van der Waals surface area contributed by atoms with Crippen molar-refractivity contribution in [3.63, 3.8) is 0 Å². The molecule has 0 atom stereocenters. The molecule has 7 rings (SSSR count). The van der Waals surface area contributed by atoms with E-state index in [2.05, 4.69) is 175 Å². The number of hydrogen-bond donors (Lipinski definition) is 1. The maximum Gasteiger partial charge on any atom is 0.470 e. The quantitative estimate of drug-likeness (QED) is 0.141. The fraction of sp³-hybridized carbons (Fsp3) is 0.765. The van der Waals surface area contributed by atoms with Gasteiger partial charge in [-0.05, 0) is 45.3 Å². The zero-order chi connectivity index (χ0) is 55.8. The molecule has 0 amide bonds. The third-order valence-electron chi connectivity index (χ3n) is 8.84. The number of alkyl halides is 3. The van der Waals surface area contributed by atoms with Crippen molar-refractivity contribution in [3.05, 3.63) is 65.3 Å². The van der Waals surface area contributed by atoms with Crippen LogP contribution in [0.15, 0.2) is 32.9 Å². The fourth-order valence-electron chi connectivity index (χ4n) is 5.67. The summed E-state index contributed by atoms with van der Waals surface area (Å²) in [6.07, 6.45) is 3.77. The Balaban J connectivity index is 0.000000301. The summed E-state index contributed by atoms with van der Waals surface area (Å²) in [4.78, 5) is 0. The molecule has 1 aliphatic rings. The number of anilines is 1. The van der Waals surface area contributed by atoms with Gasteiger partial charge in [0.15, 0.2) is 0 Å². The number of aromatic nitrogens is 12. The van der Waals surface area contributed by atoms with Crippen LogP contribution in [-0.4, -0.2) is 68.2 Å². The molecule has 73 heavy (non-hydrogen) atoms. The number of nitrogens with one attached hydrogen (secondary N) is 1. The lowest BCUT2D eigenvalue weighted by atomic mass is 9.92. The molecule has 0 aromatic carbocycles. The Bertz CT molecular complexity index is 2370. The SMILES string of the molecule is CC(C)(C)Cc1nnc(C(F)(F)F)o1.CC(C)(C)Cc1nnc(C2CC2)o1.CC(C)(C)Cc1nnco1.CC(C)c1nnc(CC(C)(C)C)o1.CNc1nnc(CC(C)(C)C)o1.Cc1nnc(CC(C)(C)C)o1. The van der Waals surface area contributed by atoms with Crippen molar-refractivity contribution in [2.24, 2.45) is 32.5 Å². The van der Waals surface area contributed by atoms with E-state index in [-0.39, 0.29) is 38.4 Å². The molecule has 6 aromatic rings. The first-order valence-corrected chi connectivity index (χ1v) is 24.8. The van der Waals surface area contributed by atoms with Gasteiger partial charge in [0.2, 0.25) is 59.4 Å². The highest BCUT2D eigenvalue weighted by Crippen LogP contribution is 2.39. The van der Waals surface area contributed by atoms with Gasteiger partial charge in [-0.25, -0.2) is 0 Å². The maximum absolute atomic E-state index is 12.0. The molecule has 1 fully saturated rings. The van der Waals surface area contributed by atoms with Crippen LogP contribution in [0.3, 0.4) is 0 Å². The van der Waals surface area contributed by atoms with Crippen molar-refractivity contribution in [1.29, 1.82) is 0 Å². The maximum atomic E-state index is 12.0. The third-order valence-corrected chi connectivity index (χ3v) is 8.84. The van der Waals surface area contributed by atoms with Crippen LogP contribution < -0.4 is 5.32 Å². The van der Waals surface area contributed by atoms with Crippen molar-refractivity contribution in [2.75, 3.05) is 12.4 Å². The Kier molecular flexibility index (Phi) is 23.1. The van der Waals surface area contributed by atoms with E-state index in [0.717, 1.165) is 61.6 Å². The molecule has 6 aromatic heterocycles. The molecule has 412 valence electrons. The number of rotatable bonds is 9. The van der Waals surface area contributed by atoms with Crippen LogP contribution in [0.5, 0.6) is 0 Å². The molecule has 1 N–H and O–H groups in total. The third kappa shape index (κ3) is 30.3. The largest absolute Gasteiger partial charge is 0.470 e. The molecule has 22 heteroatoms. The minimum atomic E-state index is -4.55. The monoisotopic (exact) mass is 1030 g/mol. The molecule has 19 nitrogen and oxygen atoms in total. The summed E-state index contributed by atoms with van der Waals surface area (Å²) >= 11 is 0.